The Morgan fingerprint density at radius 1 is 1.25 bits per heavy atom. The summed E-state index contributed by atoms with van der Waals surface area (Å²) in [4.78, 5) is 0. The van der Waals surface area contributed by atoms with E-state index >= 15 is 0 Å². The molecule has 1 aromatic rings. The van der Waals surface area contributed by atoms with Crippen molar-refractivity contribution in [2.75, 3.05) is 13.6 Å². The van der Waals surface area contributed by atoms with Crippen LogP contribution >= 0.6 is 0 Å². The topological polar surface area (TPSA) is 12.0 Å². The second kappa shape index (κ2) is 4.58. The van der Waals surface area contributed by atoms with Crippen LogP contribution in [0.3, 0.4) is 0 Å². The van der Waals surface area contributed by atoms with Gasteiger partial charge in [0.05, 0.1) is 0 Å². The SMILES string of the molecule is CNCC1(c2ccccc2CC(C)C)CC1. The average Bonchev–Trinajstić information content (AvgIpc) is 2.99. The lowest BCUT2D eigenvalue weighted by atomic mass is 9.87. The molecular weight excluding hydrogens is 194 g/mol. The molecule has 0 radical (unpaired) electrons. The second-order valence-corrected chi connectivity index (χ2v) is 5.57. The van der Waals surface area contributed by atoms with Crippen LogP contribution in [0.4, 0.5) is 0 Å². The van der Waals surface area contributed by atoms with Crippen molar-refractivity contribution in [2.24, 2.45) is 5.92 Å². The van der Waals surface area contributed by atoms with Crippen molar-refractivity contribution in [3.8, 4) is 0 Å². The molecule has 0 heterocycles. The monoisotopic (exact) mass is 217 g/mol. The van der Waals surface area contributed by atoms with E-state index in [1.807, 2.05) is 0 Å². The molecule has 1 heteroatoms. The molecule has 1 fully saturated rings. The van der Waals surface area contributed by atoms with E-state index in [0.29, 0.717) is 5.41 Å². The van der Waals surface area contributed by atoms with Crippen molar-refractivity contribution < 1.29 is 0 Å². The maximum Gasteiger partial charge on any atom is 0.00810 e. The highest BCUT2D eigenvalue weighted by molar-refractivity contribution is 5.39. The van der Waals surface area contributed by atoms with Crippen molar-refractivity contribution in [1.82, 2.24) is 5.32 Å². The van der Waals surface area contributed by atoms with E-state index in [-0.39, 0.29) is 0 Å². The van der Waals surface area contributed by atoms with E-state index in [1.165, 1.54) is 19.3 Å². The largest absolute Gasteiger partial charge is 0.319 e. The summed E-state index contributed by atoms with van der Waals surface area (Å²) < 4.78 is 0. The predicted octanol–water partition coefficient (Wildman–Crippen LogP) is 3.14. The number of hydrogen-bond donors (Lipinski definition) is 1. The van der Waals surface area contributed by atoms with Crippen LogP contribution in [0.15, 0.2) is 24.3 Å². The zero-order valence-electron chi connectivity index (χ0n) is 10.7. The molecule has 0 amide bonds. The summed E-state index contributed by atoms with van der Waals surface area (Å²) >= 11 is 0. The number of rotatable bonds is 5. The fourth-order valence-electron chi connectivity index (χ4n) is 2.69. The van der Waals surface area contributed by atoms with Gasteiger partial charge in [0.1, 0.15) is 0 Å². The molecule has 1 aromatic carbocycles. The first-order valence-corrected chi connectivity index (χ1v) is 6.41. The lowest BCUT2D eigenvalue weighted by Crippen LogP contribution is -2.24. The van der Waals surface area contributed by atoms with Gasteiger partial charge < -0.3 is 5.32 Å². The molecule has 1 N–H and O–H groups in total. The Morgan fingerprint density at radius 2 is 1.94 bits per heavy atom. The van der Waals surface area contributed by atoms with Gasteiger partial charge in [0.2, 0.25) is 0 Å². The highest BCUT2D eigenvalue weighted by atomic mass is 14.8. The van der Waals surface area contributed by atoms with Gasteiger partial charge in [0.25, 0.3) is 0 Å². The maximum atomic E-state index is 3.35. The molecule has 0 spiro atoms. The van der Waals surface area contributed by atoms with Gasteiger partial charge in [0.15, 0.2) is 0 Å². The first-order valence-electron chi connectivity index (χ1n) is 6.41. The highest BCUT2D eigenvalue weighted by Crippen LogP contribution is 2.49. The molecule has 0 aromatic heterocycles. The molecule has 88 valence electrons. The molecule has 0 bridgehead atoms. The zero-order valence-corrected chi connectivity index (χ0v) is 10.7. The highest BCUT2D eigenvalue weighted by Gasteiger charge is 2.44. The van der Waals surface area contributed by atoms with Crippen LogP contribution in [0.25, 0.3) is 0 Å². The maximum absolute atomic E-state index is 3.35. The quantitative estimate of drug-likeness (QED) is 0.799. The minimum atomic E-state index is 0.459. The van der Waals surface area contributed by atoms with Crippen LogP contribution in [-0.4, -0.2) is 13.6 Å². The van der Waals surface area contributed by atoms with E-state index in [2.05, 4.69) is 50.5 Å². The molecule has 0 saturated heterocycles. The van der Waals surface area contributed by atoms with Crippen molar-refractivity contribution in [3.05, 3.63) is 35.4 Å². The summed E-state index contributed by atoms with van der Waals surface area (Å²) in [6.07, 6.45) is 3.91. The summed E-state index contributed by atoms with van der Waals surface area (Å²) in [5, 5.41) is 3.35. The van der Waals surface area contributed by atoms with Gasteiger partial charge in [-0.05, 0) is 43.4 Å². The van der Waals surface area contributed by atoms with Gasteiger partial charge in [-0.25, -0.2) is 0 Å². The van der Waals surface area contributed by atoms with Crippen molar-refractivity contribution >= 4 is 0 Å². The Kier molecular flexibility index (Phi) is 3.34. The Labute approximate surface area is 99.3 Å². The Morgan fingerprint density at radius 3 is 2.50 bits per heavy atom. The van der Waals surface area contributed by atoms with Gasteiger partial charge in [-0.1, -0.05) is 38.1 Å². The smallest absolute Gasteiger partial charge is 0.00810 e. The fourth-order valence-corrected chi connectivity index (χ4v) is 2.69. The van der Waals surface area contributed by atoms with E-state index in [4.69, 9.17) is 0 Å². The van der Waals surface area contributed by atoms with Crippen LogP contribution in [0.2, 0.25) is 0 Å². The molecule has 1 aliphatic rings. The summed E-state index contributed by atoms with van der Waals surface area (Å²) in [6, 6.07) is 9.01. The lowest BCUT2D eigenvalue weighted by Gasteiger charge is -2.20. The van der Waals surface area contributed by atoms with Crippen molar-refractivity contribution in [3.63, 3.8) is 0 Å². The molecule has 0 unspecified atom stereocenters. The standard InChI is InChI=1S/C15H23N/c1-12(2)10-13-6-4-5-7-14(13)15(8-9-15)11-16-3/h4-7,12,16H,8-11H2,1-3H3. The van der Waals surface area contributed by atoms with E-state index in [0.717, 1.165) is 12.5 Å². The van der Waals surface area contributed by atoms with Crippen LogP contribution < -0.4 is 5.32 Å². The zero-order chi connectivity index (χ0) is 11.6. The van der Waals surface area contributed by atoms with Gasteiger partial charge in [-0.2, -0.15) is 0 Å². The number of nitrogens with one attached hydrogen (secondary N) is 1. The third kappa shape index (κ3) is 2.30. The van der Waals surface area contributed by atoms with Crippen LogP contribution in [0.5, 0.6) is 0 Å². The van der Waals surface area contributed by atoms with E-state index < -0.39 is 0 Å². The summed E-state index contributed by atoms with van der Waals surface area (Å²) in [5.41, 5.74) is 3.61. The molecule has 1 saturated carbocycles. The van der Waals surface area contributed by atoms with Crippen molar-refractivity contribution in [1.29, 1.82) is 0 Å². The number of benzene rings is 1. The molecule has 0 aliphatic heterocycles. The molecule has 1 nitrogen and oxygen atoms in total. The minimum absolute atomic E-state index is 0.459. The normalized spacial score (nSPS) is 17.8. The molecule has 16 heavy (non-hydrogen) atoms. The van der Waals surface area contributed by atoms with Crippen LogP contribution in [0.1, 0.15) is 37.8 Å². The third-order valence-electron chi connectivity index (χ3n) is 3.59. The van der Waals surface area contributed by atoms with Crippen LogP contribution in [0, 0.1) is 5.92 Å². The average molecular weight is 217 g/mol. The van der Waals surface area contributed by atoms with Gasteiger partial charge >= 0.3 is 0 Å². The Balaban J connectivity index is 2.26. The van der Waals surface area contributed by atoms with E-state index in [9.17, 15) is 0 Å². The first kappa shape index (κ1) is 11.7. The van der Waals surface area contributed by atoms with Gasteiger partial charge in [0, 0.05) is 12.0 Å². The lowest BCUT2D eigenvalue weighted by molar-refractivity contribution is 0.596. The Bertz CT molecular complexity index is 350. The van der Waals surface area contributed by atoms with E-state index in [1.54, 1.807) is 11.1 Å². The third-order valence-corrected chi connectivity index (χ3v) is 3.59. The summed E-state index contributed by atoms with van der Waals surface area (Å²) in [5.74, 6) is 0.742. The van der Waals surface area contributed by atoms with Gasteiger partial charge in [-0.3, -0.25) is 0 Å². The number of likely N-dealkylation sites (N-methyl/N-ethyl adjacent to an activating group) is 1. The Hall–Kier alpha value is -0.820. The number of hydrogen-bond acceptors (Lipinski definition) is 1. The molecule has 2 rings (SSSR count). The molecule has 1 aliphatic carbocycles. The summed E-state index contributed by atoms with van der Waals surface area (Å²) in [7, 11) is 2.06. The molecular formula is C15H23N. The van der Waals surface area contributed by atoms with Crippen LogP contribution in [-0.2, 0) is 11.8 Å². The first-order chi connectivity index (χ1) is 7.68. The summed E-state index contributed by atoms with van der Waals surface area (Å²) in [6.45, 7) is 5.73. The second-order valence-electron chi connectivity index (χ2n) is 5.57. The minimum Gasteiger partial charge on any atom is -0.319 e. The molecule has 0 atom stereocenters. The predicted molar refractivity (Wildman–Crippen MR) is 69.8 cm³/mol. The van der Waals surface area contributed by atoms with Gasteiger partial charge in [-0.15, -0.1) is 0 Å². The van der Waals surface area contributed by atoms with Crippen molar-refractivity contribution in [2.45, 2.75) is 38.5 Å². The fraction of sp³-hybridized carbons (Fsp3) is 0.600.